The number of thioether (sulfide) groups is 1. The van der Waals surface area contributed by atoms with Crippen LogP contribution in [-0.4, -0.2) is 25.9 Å². The maximum absolute atomic E-state index is 10.1. The van der Waals surface area contributed by atoms with Gasteiger partial charge in [0.2, 0.25) is 0 Å². The maximum atomic E-state index is 10.1. The summed E-state index contributed by atoms with van der Waals surface area (Å²) in [7, 11) is 0. The van der Waals surface area contributed by atoms with E-state index in [-0.39, 0.29) is 11.6 Å². The van der Waals surface area contributed by atoms with E-state index in [1.807, 2.05) is 30.5 Å². The number of rotatable bonds is 4. The first-order valence-electron chi connectivity index (χ1n) is 9.47. The second-order valence-electron chi connectivity index (χ2n) is 7.36. The molecule has 1 aliphatic heterocycles. The number of fused-ring (bicyclic) bond motifs is 1. The monoisotopic (exact) mass is 390 g/mol. The molecule has 1 aliphatic carbocycles. The number of allylic oxidation sites excluding steroid dienone is 2. The molecular weight excluding hydrogens is 366 g/mol. The largest absolute Gasteiger partial charge is 0.399 e. The van der Waals surface area contributed by atoms with Crippen molar-refractivity contribution >= 4 is 11.8 Å². The van der Waals surface area contributed by atoms with Crippen LogP contribution in [0.15, 0.2) is 52.1 Å². The predicted octanol–water partition coefficient (Wildman–Crippen LogP) is 2.13. The van der Waals surface area contributed by atoms with Gasteiger partial charge in [0.25, 0.3) is 0 Å². The Bertz CT molecular complexity index is 925. The molecule has 0 amide bonds. The number of nitrogens with two attached hydrogens (primary N) is 1. The van der Waals surface area contributed by atoms with Crippen molar-refractivity contribution in [2.24, 2.45) is 17.1 Å². The van der Waals surface area contributed by atoms with Gasteiger partial charge in [-0.05, 0) is 42.0 Å². The number of benzene rings is 1. The molecular formula is C22H24N5S+. The Morgan fingerprint density at radius 3 is 2.43 bits per heavy atom. The van der Waals surface area contributed by atoms with Gasteiger partial charge >= 0.3 is 0 Å². The number of nitriles is 3. The molecule has 142 valence electrons. The smallest absolute Gasteiger partial charge is 0.191 e. The van der Waals surface area contributed by atoms with E-state index < -0.39 is 11.3 Å². The third-order valence-electron chi connectivity index (χ3n) is 5.91. The summed E-state index contributed by atoms with van der Waals surface area (Å²) < 4.78 is 0. The van der Waals surface area contributed by atoms with E-state index in [1.54, 1.807) is 11.8 Å². The van der Waals surface area contributed by atoms with Crippen LogP contribution in [0.3, 0.4) is 0 Å². The first kappa shape index (κ1) is 20.0. The van der Waals surface area contributed by atoms with Gasteiger partial charge in [-0.25, -0.2) is 0 Å². The number of hydrogen-bond acceptors (Lipinski definition) is 5. The summed E-state index contributed by atoms with van der Waals surface area (Å²) in [5.41, 5.74) is 7.04. The Labute approximate surface area is 170 Å². The topological polar surface area (TPSA) is 102 Å². The number of nitrogens with zero attached hydrogens (tertiary/aromatic N) is 3. The van der Waals surface area contributed by atoms with E-state index in [9.17, 15) is 15.8 Å². The minimum Gasteiger partial charge on any atom is -0.399 e. The molecule has 0 saturated carbocycles. The summed E-state index contributed by atoms with van der Waals surface area (Å²) in [4.78, 5) is 2.53. The van der Waals surface area contributed by atoms with Crippen LogP contribution in [-0.2, 0) is 0 Å². The number of hydrogen-bond donors (Lipinski definition) is 2. The third kappa shape index (κ3) is 3.08. The fourth-order valence-electron chi connectivity index (χ4n) is 4.58. The summed E-state index contributed by atoms with van der Waals surface area (Å²) in [6, 6.07) is 14.6. The van der Waals surface area contributed by atoms with Gasteiger partial charge in [-0.3, -0.25) is 0 Å². The molecule has 5 nitrogen and oxygen atoms in total. The highest BCUT2D eigenvalue weighted by Gasteiger charge is 2.55. The van der Waals surface area contributed by atoms with Gasteiger partial charge in [0.05, 0.1) is 43.0 Å². The van der Waals surface area contributed by atoms with Crippen molar-refractivity contribution in [1.29, 1.82) is 15.8 Å². The summed E-state index contributed by atoms with van der Waals surface area (Å²) in [6.45, 7) is 4.80. The molecule has 1 aromatic carbocycles. The van der Waals surface area contributed by atoms with Crippen molar-refractivity contribution in [1.82, 2.24) is 0 Å². The SMILES string of the molecule is CCC[NH+]1CC=C2C(C#N)=C(N)C(C#N)(C#N)C(c3ccc(SC)cc3)C2C1. The van der Waals surface area contributed by atoms with Gasteiger partial charge in [0.15, 0.2) is 5.41 Å². The zero-order chi connectivity index (χ0) is 20.3. The Morgan fingerprint density at radius 2 is 1.89 bits per heavy atom. The lowest BCUT2D eigenvalue weighted by Gasteiger charge is -2.44. The number of quaternary nitrogens is 1. The van der Waals surface area contributed by atoms with Gasteiger partial charge < -0.3 is 10.6 Å². The fraction of sp³-hybridized carbons (Fsp3) is 0.409. The average Bonchev–Trinajstić information content (AvgIpc) is 2.73. The van der Waals surface area contributed by atoms with Crippen LogP contribution in [0.1, 0.15) is 24.8 Å². The van der Waals surface area contributed by atoms with Crippen LogP contribution in [0.2, 0.25) is 0 Å². The molecule has 0 spiro atoms. The number of nitrogens with one attached hydrogen (secondary N) is 1. The highest BCUT2D eigenvalue weighted by molar-refractivity contribution is 7.98. The lowest BCUT2D eigenvalue weighted by molar-refractivity contribution is -0.899. The average molecular weight is 391 g/mol. The normalized spacial score (nSPS) is 25.7. The molecule has 2 aliphatic rings. The molecule has 1 heterocycles. The molecule has 0 fully saturated rings. The van der Waals surface area contributed by atoms with E-state index in [0.717, 1.165) is 42.1 Å². The zero-order valence-electron chi connectivity index (χ0n) is 16.2. The molecule has 6 heteroatoms. The first-order valence-corrected chi connectivity index (χ1v) is 10.7. The molecule has 28 heavy (non-hydrogen) atoms. The van der Waals surface area contributed by atoms with Gasteiger partial charge in [0, 0.05) is 16.7 Å². The Morgan fingerprint density at radius 1 is 1.21 bits per heavy atom. The van der Waals surface area contributed by atoms with E-state index in [4.69, 9.17) is 5.73 Å². The summed E-state index contributed by atoms with van der Waals surface area (Å²) >= 11 is 1.65. The summed E-state index contributed by atoms with van der Waals surface area (Å²) in [5, 5.41) is 29.9. The molecule has 3 atom stereocenters. The van der Waals surface area contributed by atoms with Crippen LogP contribution < -0.4 is 10.6 Å². The third-order valence-corrected chi connectivity index (χ3v) is 6.66. The maximum Gasteiger partial charge on any atom is 0.191 e. The predicted molar refractivity (Wildman–Crippen MR) is 109 cm³/mol. The van der Waals surface area contributed by atoms with Crippen LogP contribution >= 0.6 is 11.8 Å². The van der Waals surface area contributed by atoms with Gasteiger partial charge in [0.1, 0.15) is 6.07 Å². The van der Waals surface area contributed by atoms with E-state index in [1.165, 1.54) is 4.90 Å². The summed E-state index contributed by atoms with van der Waals surface area (Å²) in [6.07, 6.45) is 5.16. The van der Waals surface area contributed by atoms with Crippen molar-refractivity contribution in [3.63, 3.8) is 0 Å². The lowest BCUT2D eigenvalue weighted by atomic mass is 9.58. The summed E-state index contributed by atoms with van der Waals surface area (Å²) in [5.74, 6) is -0.481. The highest BCUT2D eigenvalue weighted by Crippen LogP contribution is 2.53. The molecule has 3 unspecified atom stereocenters. The molecule has 1 aromatic rings. The van der Waals surface area contributed by atoms with Gasteiger partial charge in [-0.1, -0.05) is 19.1 Å². The van der Waals surface area contributed by atoms with Crippen LogP contribution in [0, 0.1) is 45.3 Å². The molecule has 3 rings (SSSR count). The first-order chi connectivity index (χ1) is 13.6. The zero-order valence-corrected chi connectivity index (χ0v) is 17.0. The van der Waals surface area contributed by atoms with Crippen molar-refractivity contribution in [3.8, 4) is 18.2 Å². The standard InChI is InChI=1S/C22H23N5S/c1-3-9-27-10-8-17-18(11-23)21(26)22(13-24,14-25)20(19(17)12-27)15-4-6-16(28-2)7-5-15/h4-8,19-20H,3,9-10,12,26H2,1-2H3/p+1. The Balaban J connectivity index is 2.23. The Hall–Kier alpha value is -2.72. The van der Waals surface area contributed by atoms with Crippen LogP contribution in [0.4, 0.5) is 0 Å². The quantitative estimate of drug-likeness (QED) is 0.767. The lowest BCUT2D eigenvalue weighted by Crippen LogP contribution is -3.13. The molecule has 0 bridgehead atoms. The fourth-order valence-corrected chi connectivity index (χ4v) is 4.99. The van der Waals surface area contributed by atoms with Crippen molar-refractivity contribution < 1.29 is 4.90 Å². The second kappa shape index (κ2) is 8.11. The minimum atomic E-state index is -1.54. The van der Waals surface area contributed by atoms with Crippen LogP contribution in [0.5, 0.6) is 0 Å². The van der Waals surface area contributed by atoms with E-state index in [2.05, 4.69) is 31.2 Å². The molecule has 0 radical (unpaired) electrons. The van der Waals surface area contributed by atoms with Gasteiger partial charge in [-0.2, -0.15) is 15.8 Å². The van der Waals surface area contributed by atoms with E-state index >= 15 is 0 Å². The second-order valence-corrected chi connectivity index (χ2v) is 8.24. The van der Waals surface area contributed by atoms with Crippen molar-refractivity contribution in [2.45, 2.75) is 24.2 Å². The van der Waals surface area contributed by atoms with Crippen LogP contribution in [0.25, 0.3) is 0 Å². The molecule has 0 aromatic heterocycles. The Kier molecular flexibility index (Phi) is 5.80. The molecule has 0 saturated heterocycles. The highest BCUT2D eigenvalue weighted by atomic mass is 32.2. The van der Waals surface area contributed by atoms with Crippen molar-refractivity contribution in [3.05, 3.63) is 52.7 Å². The minimum absolute atomic E-state index is 0.0864. The van der Waals surface area contributed by atoms with Crippen molar-refractivity contribution in [2.75, 3.05) is 25.9 Å². The van der Waals surface area contributed by atoms with Gasteiger partial charge in [-0.15, -0.1) is 11.8 Å². The molecule has 3 N–H and O–H groups in total. The van der Waals surface area contributed by atoms with E-state index in [0.29, 0.717) is 5.57 Å².